The summed E-state index contributed by atoms with van der Waals surface area (Å²) in [6.07, 6.45) is 2.50. The van der Waals surface area contributed by atoms with Gasteiger partial charge in [-0.2, -0.15) is 0 Å². The van der Waals surface area contributed by atoms with Crippen LogP contribution in [0.1, 0.15) is 36.5 Å². The number of benzene rings is 1. The predicted molar refractivity (Wildman–Crippen MR) is 88.7 cm³/mol. The molecule has 25 heavy (non-hydrogen) atoms. The Hall–Kier alpha value is -2.37. The average Bonchev–Trinajstić information content (AvgIpc) is 3.22. The Balaban J connectivity index is 1.42. The van der Waals surface area contributed by atoms with Crippen molar-refractivity contribution in [2.45, 2.75) is 32.3 Å². The lowest BCUT2D eigenvalue weighted by Gasteiger charge is -2.23. The second-order valence-electron chi connectivity index (χ2n) is 7.12. The summed E-state index contributed by atoms with van der Waals surface area (Å²) in [5.74, 6) is -0.857. The third kappa shape index (κ3) is 2.69. The van der Waals surface area contributed by atoms with Gasteiger partial charge in [0.1, 0.15) is 6.10 Å². The summed E-state index contributed by atoms with van der Waals surface area (Å²) in [4.78, 5) is 36.5. The van der Waals surface area contributed by atoms with Gasteiger partial charge in [-0.25, -0.2) is 4.79 Å². The zero-order valence-corrected chi connectivity index (χ0v) is 14.1. The Morgan fingerprint density at radius 3 is 2.72 bits per heavy atom. The molecule has 3 fully saturated rings. The van der Waals surface area contributed by atoms with Crippen molar-refractivity contribution in [3.8, 4) is 0 Å². The quantitative estimate of drug-likeness (QED) is 0.830. The molecule has 1 aliphatic heterocycles. The largest absolute Gasteiger partial charge is 0.462 e. The maximum atomic E-state index is 12.7. The van der Waals surface area contributed by atoms with Crippen molar-refractivity contribution in [3.63, 3.8) is 0 Å². The van der Waals surface area contributed by atoms with Gasteiger partial charge in [0.15, 0.2) is 0 Å². The Bertz CT molecular complexity index is 711. The molecule has 5 atom stereocenters. The van der Waals surface area contributed by atoms with Crippen molar-refractivity contribution in [2.75, 3.05) is 11.9 Å². The number of hydrogen-bond donors (Lipinski definition) is 1. The minimum Gasteiger partial charge on any atom is -0.462 e. The molecule has 0 unspecified atom stereocenters. The maximum absolute atomic E-state index is 12.7. The first-order valence-electron chi connectivity index (χ1n) is 8.87. The van der Waals surface area contributed by atoms with Gasteiger partial charge in [0.05, 0.1) is 24.0 Å². The normalized spacial score (nSPS) is 31.7. The summed E-state index contributed by atoms with van der Waals surface area (Å²) in [7, 11) is 0. The highest BCUT2D eigenvalue weighted by molar-refractivity contribution is 5.97. The van der Waals surface area contributed by atoms with Gasteiger partial charge >= 0.3 is 11.9 Å². The second kappa shape index (κ2) is 6.17. The van der Waals surface area contributed by atoms with E-state index in [9.17, 15) is 14.4 Å². The van der Waals surface area contributed by atoms with Crippen LogP contribution in [-0.2, 0) is 19.1 Å². The molecule has 1 saturated heterocycles. The van der Waals surface area contributed by atoms with E-state index in [1.807, 2.05) is 6.92 Å². The molecule has 1 N–H and O–H groups in total. The molecule has 4 rings (SSSR count). The molecule has 6 nitrogen and oxygen atoms in total. The van der Waals surface area contributed by atoms with E-state index in [4.69, 9.17) is 9.47 Å². The topological polar surface area (TPSA) is 81.7 Å². The molecule has 0 aromatic heterocycles. The van der Waals surface area contributed by atoms with Gasteiger partial charge in [-0.05, 0) is 49.4 Å². The van der Waals surface area contributed by atoms with Crippen molar-refractivity contribution < 1.29 is 23.9 Å². The number of fused-ring (bicyclic) bond motifs is 1. The lowest BCUT2D eigenvalue weighted by molar-refractivity contribution is -0.145. The molecule has 132 valence electrons. The third-order valence-electron chi connectivity index (χ3n) is 5.61. The van der Waals surface area contributed by atoms with Gasteiger partial charge in [0.2, 0.25) is 5.91 Å². The van der Waals surface area contributed by atoms with E-state index in [1.54, 1.807) is 24.3 Å². The minimum atomic E-state index is -0.368. The summed E-state index contributed by atoms with van der Waals surface area (Å²) in [6, 6.07) is 6.63. The summed E-state index contributed by atoms with van der Waals surface area (Å²) in [6.45, 7) is 2.32. The monoisotopic (exact) mass is 343 g/mol. The lowest BCUT2D eigenvalue weighted by Crippen LogP contribution is -2.35. The molecule has 3 aliphatic rings. The fourth-order valence-corrected chi connectivity index (χ4v) is 4.56. The number of anilines is 1. The highest BCUT2D eigenvalue weighted by Gasteiger charge is 2.63. The zero-order chi connectivity index (χ0) is 17.6. The first-order chi connectivity index (χ1) is 12.1. The highest BCUT2D eigenvalue weighted by atomic mass is 16.6. The van der Waals surface area contributed by atoms with Crippen LogP contribution < -0.4 is 5.32 Å². The molecule has 2 aliphatic carbocycles. The maximum Gasteiger partial charge on any atom is 0.338 e. The van der Waals surface area contributed by atoms with Crippen molar-refractivity contribution in [1.29, 1.82) is 0 Å². The Morgan fingerprint density at radius 1 is 1.24 bits per heavy atom. The van der Waals surface area contributed by atoms with Crippen molar-refractivity contribution in [3.05, 3.63) is 29.8 Å². The summed E-state index contributed by atoms with van der Waals surface area (Å²) >= 11 is 0. The fraction of sp³-hybridized carbons (Fsp3) is 0.526. The number of carbonyl (C=O) groups is 3. The fourth-order valence-electron chi connectivity index (χ4n) is 4.56. The summed E-state index contributed by atoms with van der Waals surface area (Å²) < 4.78 is 10.5. The van der Waals surface area contributed by atoms with Gasteiger partial charge in [0, 0.05) is 11.6 Å². The highest BCUT2D eigenvalue weighted by Crippen LogP contribution is 2.57. The van der Waals surface area contributed by atoms with Crippen LogP contribution in [0.2, 0.25) is 0 Å². The molecule has 6 heteroatoms. The number of hydrogen-bond acceptors (Lipinski definition) is 5. The number of ether oxygens (including phenoxy) is 2. The first kappa shape index (κ1) is 16.1. The van der Waals surface area contributed by atoms with E-state index < -0.39 is 0 Å². The van der Waals surface area contributed by atoms with E-state index in [1.165, 1.54) is 0 Å². The van der Waals surface area contributed by atoms with E-state index in [0.29, 0.717) is 17.9 Å². The molecule has 0 radical (unpaired) electrons. The SMILES string of the molecule is CCCOC(=O)c1ccc(NC(=O)[C@@H]2[C@@H]3C[C@@H]4[C@@H]2C(=O)O[C@H]4C3)cc1. The van der Waals surface area contributed by atoms with Gasteiger partial charge in [-0.3, -0.25) is 9.59 Å². The van der Waals surface area contributed by atoms with Crippen LogP contribution in [-0.4, -0.2) is 30.6 Å². The molecular weight excluding hydrogens is 322 g/mol. The minimum absolute atomic E-state index is 0.0277. The van der Waals surface area contributed by atoms with Crippen LogP contribution in [0.3, 0.4) is 0 Å². The van der Waals surface area contributed by atoms with E-state index in [2.05, 4.69) is 5.32 Å². The van der Waals surface area contributed by atoms with Crippen LogP contribution in [0.15, 0.2) is 24.3 Å². The van der Waals surface area contributed by atoms with Crippen molar-refractivity contribution in [2.24, 2.45) is 23.7 Å². The third-order valence-corrected chi connectivity index (χ3v) is 5.61. The average molecular weight is 343 g/mol. The molecule has 1 amide bonds. The summed E-state index contributed by atoms with van der Waals surface area (Å²) in [5, 5.41) is 2.88. The number of amides is 1. The van der Waals surface area contributed by atoms with E-state index >= 15 is 0 Å². The second-order valence-corrected chi connectivity index (χ2v) is 7.12. The van der Waals surface area contributed by atoms with E-state index in [0.717, 1.165) is 19.3 Å². The van der Waals surface area contributed by atoms with E-state index in [-0.39, 0.29) is 47.6 Å². The van der Waals surface area contributed by atoms with Crippen LogP contribution in [0.25, 0.3) is 0 Å². The molecule has 2 bridgehead atoms. The summed E-state index contributed by atoms with van der Waals surface area (Å²) in [5.41, 5.74) is 1.07. The van der Waals surface area contributed by atoms with Crippen LogP contribution >= 0.6 is 0 Å². The van der Waals surface area contributed by atoms with Crippen molar-refractivity contribution >= 4 is 23.5 Å². The van der Waals surface area contributed by atoms with Crippen LogP contribution in [0, 0.1) is 23.7 Å². The Morgan fingerprint density at radius 2 is 2.00 bits per heavy atom. The number of nitrogens with one attached hydrogen (secondary N) is 1. The Labute approximate surface area is 145 Å². The molecule has 1 aromatic rings. The molecule has 1 aromatic carbocycles. The van der Waals surface area contributed by atoms with Crippen molar-refractivity contribution in [1.82, 2.24) is 0 Å². The number of esters is 2. The standard InChI is InChI=1S/C19H21NO5/c1-2-7-24-18(22)10-3-5-12(6-4-10)20-17(21)15-11-8-13-14(9-11)25-19(23)16(13)15/h3-6,11,13-16H,2,7-9H2,1H3,(H,20,21)/t11-,13+,14+,15-,16+/m1/s1. The zero-order valence-electron chi connectivity index (χ0n) is 14.1. The van der Waals surface area contributed by atoms with Crippen LogP contribution in [0.5, 0.6) is 0 Å². The van der Waals surface area contributed by atoms with Gasteiger partial charge in [-0.15, -0.1) is 0 Å². The van der Waals surface area contributed by atoms with Crippen LogP contribution in [0.4, 0.5) is 5.69 Å². The molecule has 2 saturated carbocycles. The number of rotatable bonds is 5. The van der Waals surface area contributed by atoms with Gasteiger partial charge < -0.3 is 14.8 Å². The van der Waals surface area contributed by atoms with Gasteiger partial charge in [-0.1, -0.05) is 6.92 Å². The number of carbonyl (C=O) groups excluding carboxylic acids is 3. The van der Waals surface area contributed by atoms with Gasteiger partial charge in [0.25, 0.3) is 0 Å². The molecule has 1 heterocycles. The Kier molecular flexibility index (Phi) is 3.98. The smallest absolute Gasteiger partial charge is 0.338 e. The first-order valence-corrected chi connectivity index (χ1v) is 8.87. The molecular formula is C19H21NO5. The predicted octanol–water partition coefficient (Wildman–Crippen LogP) is 2.39. The lowest BCUT2D eigenvalue weighted by atomic mass is 9.79. The molecule has 0 spiro atoms.